The maximum absolute atomic E-state index is 12.8. The Balaban J connectivity index is 1.45. The van der Waals surface area contributed by atoms with E-state index >= 15 is 0 Å². The smallest absolute Gasteiger partial charge is 0.267 e. The number of halogens is 2. The van der Waals surface area contributed by atoms with Crippen molar-refractivity contribution in [2.24, 2.45) is 0 Å². The normalized spacial score (nSPS) is 11.2. The van der Waals surface area contributed by atoms with Crippen LogP contribution in [0.1, 0.15) is 9.67 Å². The van der Waals surface area contributed by atoms with Crippen LogP contribution in [0.5, 0.6) is 0 Å². The summed E-state index contributed by atoms with van der Waals surface area (Å²) in [6.07, 6.45) is 0. The van der Waals surface area contributed by atoms with Gasteiger partial charge in [0.2, 0.25) is 5.89 Å². The molecule has 3 aromatic carbocycles. The van der Waals surface area contributed by atoms with Gasteiger partial charge in [0.15, 0.2) is 5.58 Å². The maximum Gasteiger partial charge on any atom is 0.267 e. The first-order valence-electron chi connectivity index (χ1n) is 8.73. The van der Waals surface area contributed by atoms with Crippen LogP contribution in [0.2, 0.25) is 5.02 Å². The number of thiophene rings is 1. The Kier molecular flexibility index (Phi) is 4.77. The number of aromatic nitrogens is 1. The highest BCUT2D eigenvalue weighted by Gasteiger charge is 2.17. The van der Waals surface area contributed by atoms with E-state index in [2.05, 4.69) is 32.9 Å². The van der Waals surface area contributed by atoms with Gasteiger partial charge in [-0.2, -0.15) is 0 Å². The molecule has 0 fully saturated rings. The predicted octanol–water partition coefficient (Wildman–Crippen LogP) is 7.22. The number of fused-ring (bicyclic) bond motifs is 2. The summed E-state index contributed by atoms with van der Waals surface area (Å²) in [5, 5.41) is 4.28. The third-order valence-electron chi connectivity index (χ3n) is 4.46. The van der Waals surface area contributed by atoms with Crippen LogP contribution in [0.15, 0.2) is 71.1 Å². The Morgan fingerprint density at radius 2 is 1.93 bits per heavy atom. The molecule has 2 heterocycles. The number of amides is 1. The van der Waals surface area contributed by atoms with E-state index in [1.54, 1.807) is 12.1 Å². The molecular formula is C22H12ClIN2O2S. The fourth-order valence-corrected chi connectivity index (χ4v) is 5.05. The van der Waals surface area contributed by atoms with Crippen LogP contribution in [0, 0.1) is 3.57 Å². The fraction of sp³-hybridized carbons (Fsp3) is 0. The Morgan fingerprint density at radius 1 is 1.07 bits per heavy atom. The highest BCUT2D eigenvalue weighted by Crippen LogP contribution is 2.35. The van der Waals surface area contributed by atoms with Crippen LogP contribution < -0.4 is 5.32 Å². The summed E-state index contributed by atoms with van der Waals surface area (Å²) in [5.41, 5.74) is 2.89. The lowest BCUT2D eigenvalue weighted by Crippen LogP contribution is -2.10. The lowest BCUT2D eigenvalue weighted by atomic mass is 10.2. The molecule has 142 valence electrons. The Morgan fingerprint density at radius 3 is 2.76 bits per heavy atom. The molecule has 0 aliphatic heterocycles. The number of nitrogens with zero attached hydrogens (tertiary/aromatic N) is 1. The van der Waals surface area contributed by atoms with Crippen molar-refractivity contribution in [3.63, 3.8) is 0 Å². The summed E-state index contributed by atoms with van der Waals surface area (Å²) < 4.78 is 7.96. The van der Waals surface area contributed by atoms with Crippen molar-refractivity contribution in [1.82, 2.24) is 4.98 Å². The zero-order valence-corrected chi connectivity index (χ0v) is 18.5. The molecule has 0 spiro atoms. The van der Waals surface area contributed by atoms with Crippen molar-refractivity contribution >= 4 is 78.3 Å². The van der Waals surface area contributed by atoms with Gasteiger partial charge in [0.05, 0.1) is 5.02 Å². The summed E-state index contributed by atoms with van der Waals surface area (Å²) in [6, 6.07) is 21.1. The molecule has 1 N–H and O–H groups in total. The van der Waals surface area contributed by atoms with E-state index in [9.17, 15) is 4.79 Å². The van der Waals surface area contributed by atoms with Gasteiger partial charge in [-0.25, -0.2) is 4.98 Å². The Bertz CT molecular complexity index is 1390. The van der Waals surface area contributed by atoms with Crippen LogP contribution in [0.3, 0.4) is 0 Å². The lowest BCUT2D eigenvalue weighted by molar-refractivity contribution is 0.103. The fourth-order valence-electron chi connectivity index (χ4n) is 3.10. The zero-order valence-electron chi connectivity index (χ0n) is 14.8. The molecule has 7 heteroatoms. The minimum atomic E-state index is -0.239. The number of carbonyl (C=O) groups is 1. The average Bonchev–Trinajstić information content (AvgIpc) is 3.29. The van der Waals surface area contributed by atoms with Crippen LogP contribution in [0.4, 0.5) is 5.69 Å². The molecule has 29 heavy (non-hydrogen) atoms. The molecule has 2 aromatic heterocycles. The van der Waals surface area contributed by atoms with E-state index in [1.807, 2.05) is 54.6 Å². The predicted molar refractivity (Wildman–Crippen MR) is 127 cm³/mol. The van der Waals surface area contributed by atoms with Crippen molar-refractivity contribution in [2.45, 2.75) is 0 Å². The van der Waals surface area contributed by atoms with E-state index in [0.29, 0.717) is 32.6 Å². The first kappa shape index (κ1) is 18.6. The number of rotatable bonds is 3. The molecule has 0 atom stereocenters. The molecule has 0 aliphatic carbocycles. The first-order chi connectivity index (χ1) is 14.1. The molecule has 0 saturated heterocycles. The molecule has 0 saturated carbocycles. The topological polar surface area (TPSA) is 55.1 Å². The Labute approximate surface area is 188 Å². The molecular weight excluding hydrogens is 519 g/mol. The standard InChI is InChI=1S/C22H12ClIN2O2S/c23-19-15-6-1-2-7-18(15)29-20(19)21(27)25-14-8-9-17-16(11-14)26-22(28-17)12-4-3-5-13(24)10-12/h1-11H,(H,25,27). The van der Waals surface area contributed by atoms with Crippen molar-refractivity contribution in [1.29, 1.82) is 0 Å². The van der Waals surface area contributed by atoms with E-state index in [1.165, 1.54) is 11.3 Å². The second-order valence-corrected chi connectivity index (χ2v) is 9.08. The molecule has 0 radical (unpaired) electrons. The lowest BCUT2D eigenvalue weighted by Gasteiger charge is -2.03. The maximum atomic E-state index is 12.8. The van der Waals surface area contributed by atoms with E-state index in [4.69, 9.17) is 16.0 Å². The molecule has 5 rings (SSSR count). The SMILES string of the molecule is O=C(Nc1ccc2oc(-c3cccc(I)c3)nc2c1)c1sc2ccccc2c1Cl. The van der Waals surface area contributed by atoms with Crippen molar-refractivity contribution in [2.75, 3.05) is 5.32 Å². The van der Waals surface area contributed by atoms with Gasteiger partial charge < -0.3 is 9.73 Å². The minimum Gasteiger partial charge on any atom is -0.436 e. The number of nitrogens with one attached hydrogen (secondary N) is 1. The second kappa shape index (κ2) is 7.44. The quantitative estimate of drug-likeness (QED) is 0.251. The zero-order chi connectivity index (χ0) is 20.0. The summed E-state index contributed by atoms with van der Waals surface area (Å²) >= 11 is 10.1. The molecule has 0 aliphatic rings. The number of carbonyl (C=O) groups excluding carboxylic acids is 1. The van der Waals surface area contributed by atoms with Gasteiger partial charge >= 0.3 is 0 Å². The van der Waals surface area contributed by atoms with Crippen molar-refractivity contribution < 1.29 is 9.21 Å². The number of hydrogen-bond donors (Lipinski definition) is 1. The van der Waals surface area contributed by atoms with Gasteiger partial charge in [-0.3, -0.25) is 4.79 Å². The molecule has 0 bridgehead atoms. The number of benzene rings is 3. The van der Waals surface area contributed by atoms with E-state index in [0.717, 1.165) is 19.2 Å². The second-order valence-electron chi connectivity index (χ2n) is 6.41. The largest absolute Gasteiger partial charge is 0.436 e. The van der Waals surface area contributed by atoms with Gasteiger partial charge in [-0.1, -0.05) is 35.9 Å². The van der Waals surface area contributed by atoms with Crippen LogP contribution in [-0.4, -0.2) is 10.9 Å². The Hall–Kier alpha value is -2.42. The van der Waals surface area contributed by atoms with Gasteiger partial charge in [0.1, 0.15) is 10.4 Å². The van der Waals surface area contributed by atoms with Gasteiger partial charge in [0, 0.05) is 24.9 Å². The average molecular weight is 531 g/mol. The van der Waals surface area contributed by atoms with E-state index in [-0.39, 0.29) is 5.91 Å². The highest BCUT2D eigenvalue weighted by atomic mass is 127. The summed E-state index contributed by atoms with van der Waals surface area (Å²) in [5.74, 6) is 0.312. The van der Waals surface area contributed by atoms with Crippen molar-refractivity contribution in [3.05, 3.63) is 80.2 Å². The van der Waals surface area contributed by atoms with Gasteiger partial charge in [-0.05, 0) is 65.1 Å². The number of anilines is 1. The number of hydrogen-bond acceptors (Lipinski definition) is 4. The summed E-state index contributed by atoms with van der Waals surface area (Å²) in [7, 11) is 0. The monoisotopic (exact) mass is 530 g/mol. The highest BCUT2D eigenvalue weighted by molar-refractivity contribution is 14.1. The molecule has 1 amide bonds. The van der Waals surface area contributed by atoms with Crippen LogP contribution in [0.25, 0.3) is 32.6 Å². The summed E-state index contributed by atoms with van der Waals surface area (Å²) in [4.78, 5) is 17.8. The molecule has 4 nitrogen and oxygen atoms in total. The van der Waals surface area contributed by atoms with Gasteiger partial charge in [0.25, 0.3) is 5.91 Å². The first-order valence-corrected chi connectivity index (χ1v) is 11.0. The third kappa shape index (κ3) is 3.52. The summed E-state index contributed by atoms with van der Waals surface area (Å²) in [6.45, 7) is 0. The minimum absolute atomic E-state index is 0.239. The number of oxazole rings is 1. The third-order valence-corrected chi connectivity index (χ3v) is 6.80. The molecule has 0 unspecified atom stereocenters. The van der Waals surface area contributed by atoms with Crippen LogP contribution in [-0.2, 0) is 0 Å². The van der Waals surface area contributed by atoms with Crippen LogP contribution >= 0.6 is 45.5 Å². The molecule has 5 aromatic rings. The van der Waals surface area contributed by atoms with E-state index < -0.39 is 0 Å². The van der Waals surface area contributed by atoms with Gasteiger partial charge in [-0.15, -0.1) is 11.3 Å². The van der Waals surface area contributed by atoms with Crippen molar-refractivity contribution in [3.8, 4) is 11.5 Å².